The van der Waals surface area contributed by atoms with E-state index in [2.05, 4.69) is 22.0 Å². The lowest BCUT2D eigenvalue weighted by Gasteiger charge is -2.29. The molecule has 1 fully saturated rings. The molecule has 0 aromatic heterocycles. The highest BCUT2D eigenvalue weighted by Crippen LogP contribution is 2.26. The van der Waals surface area contributed by atoms with E-state index in [1.165, 1.54) is 24.3 Å². The Morgan fingerprint density at radius 1 is 1.11 bits per heavy atom. The van der Waals surface area contributed by atoms with Gasteiger partial charge in [-0.25, -0.2) is 8.42 Å². The SMILES string of the molecule is Cc1ccc(S(=O)(=O)Nc2ccc(C(=O)NC3CCN(C)CC3)cc2Cl)cc1. The number of carbonyl (C=O) groups is 1. The Bertz CT molecular complexity index is 953. The van der Waals surface area contributed by atoms with Gasteiger partial charge in [-0.15, -0.1) is 0 Å². The molecule has 0 unspecified atom stereocenters. The number of hydrogen-bond acceptors (Lipinski definition) is 4. The Hall–Kier alpha value is -2.09. The van der Waals surface area contributed by atoms with Crippen molar-refractivity contribution in [2.75, 3.05) is 24.9 Å². The maximum atomic E-state index is 12.5. The number of benzene rings is 2. The number of anilines is 1. The summed E-state index contributed by atoms with van der Waals surface area (Å²) in [5.74, 6) is -0.204. The lowest BCUT2D eigenvalue weighted by Crippen LogP contribution is -2.43. The Morgan fingerprint density at radius 3 is 2.36 bits per heavy atom. The zero-order valence-corrected chi connectivity index (χ0v) is 17.5. The van der Waals surface area contributed by atoms with Crippen LogP contribution in [0.3, 0.4) is 0 Å². The number of piperidine rings is 1. The van der Waals surface area contributed by atoms with Crippen LogP contribution in [-0.2, 0) is 10.0 Å². The molecule has 8 heteroatoms. The van der Waals surface area contributed by atoms with Gasteiger partial charge in [0.1, 0.15) is 0 Å². The molecule has 0 saturated carbocycles. The minimum Gasteiger partial charge on any atom is -0.349 e. The Balaban J connectivity index is 1.69. The molecule has 0 atom stereocenters. The molecule has 0 spiro atoms. The zero-order chi connectivity index (χ0) is 20.3. The summed E-state index contributed by atoms with van der Waals surface area (Å²) in [6.45, 7) is 3.78. The number of sulfonamides is 1. The van der Waals surface area contributed by atoms with Crippen molar-refractivity contribution in [2.45, 2.75) is 30.7 Å². The van der Waals surface area contributed by atoms with Crippen LogP contribution >= 0.6 is 11.6 Å². The number of hydrogen-bond donors (Lipinski definition) is 2. The second kappa shape index (κ2) is 8.51. The van der Waals surface area contributed by atoms with Gasteiger partial charge < -0.3 is 10.2 Å². The van der Waals surface area contributed by atoms with Gasteiger partial charge in [0, 0.05) is 11.6 Å². The molecule has 0 radical (unpaired) electrons. The molecule has 1 amide bonds. The molecule has 2 aromatic carbocycles. The van der Waals surface area contributed by atoms with Crippen LogP contribution in [-0.4, -0.2) is 45.4 Å². The van der Waals surface area contributed by atoms with Gasteiger partial charge in [0.15, 0.2) is 0 Å². The second-order valence-corrected chi connectivity index (χ2v) is 9.25. The number of halogens is 1. The summed E-state index contributed by atoms with van der Waals surface area (Å²) in [5.41, 5.74) is 1.61. The molecular weight excluding hydrogens is 398 g/mol. The summed E-state index contributed by atoms with van der Waals surface area (Å²) in [5, 5.41) is 3.19. The Labute approximate surface area is 170 Å². The number of amides is 1. The van der Waals surface area contributed by atoms with E-state index in [0.29, 0.717) is 5.56 Å². The summed E-state index contributed by atoms with van der Waals surface area (Å²) in [6.07, 6.45) is 1.81. The number of nitrogens with zero attached hydrogens (tertiary/aromatic N) is 1. The summed E-state index contributed by atoms with van der Waals surface area (Å²) in [4.78, 5) is 14.9. The molecule has 0 bridgehead atoms. The molecule has 2 aromatic rings. The minimum atomic E-state index is -3.75. The number of nitrogens with one attached hydrogen (secondary N) is 2. The van der Waals surface area contributed by atoms with Gasteiger partial charge in [0.2, 0.25) is 0 Å². The van der Waals surface area contributed by atoms with E-state index in [9.17, 15) is 13.2 Å². The third kappa shape index (κ3) is 5.04. The van der Waals surface area contributed by atoms with Crippen LogP contribution in [0, 0.1) is 6.92 Å². The van der Waals surface area contributed by atoms with Crippen LogP contribution in [0.25, 0.3) is 0 Å². The van der Waals surface area contributed by atoms with Crippen molar-refractivity contribution < 1.29 is 13.2 Å². The first-order valence-corrected chi connectivity index (χ1v) is 11.0. The first kappa shape index (κ1) is 20.6. The number of aryl methyl sites for hydroxylation is 1. The van der Waals surface area contributed by atoms with Crippen LogP contribution in [0.2, 0.25) is 5.02 Å². The average molecular weight is 422 g/mol. The monoisotopic (exact) mass is 421 g/mol. The molecule has 6 nitrogen and oxygen atoms in total. The third-order valence-corrected chi connectivity index (χ3v) is 6.55. The lowest BCUT2D eigenvalue weighted by molar-refractivity contribution is 0.0917. The summed E-state index contributed by atoms with van der Waals surface area (Å²) >= 11 is 6.24. The molecule has 3 rings (SSSR count). The topological polar surface area (TPSA) is 78.5 Å². The van der Waals surface area contributed by atoms with Crippen molar-refractivity contribution >= 4 is 33.2 Å². The molecule has 1 saturated heterocycles. The average Bonchev–Trinajstić information content (AvgIpc) is 2.65. The Morgan fingerprint density at radius 2 is 1.75 bits per heavy atom. The second-order valence-electron chi connectivity index (χ2n) is 7.16. The molecule has 150 valence electrons. The van der Waals surface area contributed by atoms with Gasteiger partial charge in [0.25, 0.3) is 15.9 Å². The lowest BCUT2D eigenvalue weighted by atomic mass is 10.0. The zero-order valence-electron chi connectivity index (χ0n) is 15.9. The van der Waals surface area contributed by atoms with Crippen molar-refractivity contribution in [1.29, 1.82) is 0 Å². The predicted octanol–water partition coefficient (Wildman–Crippen LogP) is 3.27. The fourth-order valence-electron chi connectivity index (χ4n) is 3.08. The molecule has 1 aliphatic heterocycles. The highest BCUT2D eigenvalue weighted by molar-refractivity contribution is 7.92. The first-order valence-electron chi connectivity index (χ1n) is 9.13. The van der Waals surface area contributed by atoms with Crippen LogP contribution in [0.4, 0.5) is 5.69 Å². The van der Waals surface area contributed by atoms with Gasteiger partial charge in [-0.1, -0.05) is 29.3 Å². The van der Waals surface area contributed by atoms with E-state index < -0.39 is 10.0 Å². The largest absolute Gasteiger partial charge is 0.349 e. The molecule has 0 aliphatic carbocycles. The van der Waals surface area contributed by atoms with Crippen LogP contribution < -0.4 is 10.0 Å². The van der Waals surface area contributed by atoms with Crippen molar-refractivity contribution in [3.8, 4) is 0 Å². The normalized spacial score (nSPS) is 16.0. The van der Waals surface area contributed by atoms with E-state index in [1.54, 1.807) is 18.2 Å². The quantitative estimate of drug-likeness (QED) is 0.776. The van der Waals surface area contributed by atoms with Crippen molar-refractivity contribution in [2.24, 2.45) is 0 Å². The van der Waals surface area contributed by atoms with Gasteiger partial charge in [0.05, 0.1) is 15.6 Å². The maximum Gasteiger partial charge on any atom is 0.261 e. The van der Waals surface area contributed by atoms with Crippen molar-refractivity contribution in [1.82, 2.24) is 10.2 Å². The highest BCUT2D eigenvalue weighted by atomic mass is 35.5. The Kier molecular flexibility index (Phi) is 6.27. The van der Waals surface area contributed by atoms with Crippen molar-refractivity contribution in [3.63, 3.8) is 0 Å². The summed E-state index contributed by atoms with van der Waals surface area (Å²) in [7, 11) is -1.69. The van der Waals surface area contributed by atoms with Gasteiger partial charge in [-0.05, 0) is 70.2 Å². The smallest absolute Gasteiger partial charge is 0.261 e. The predicted molar refractivity (Wildman–Crippen MR) is 111 cm³/mol. The van der Waals surface area contributed by atoms with Gasteiger partial charge in [-0.2, -0.15) is 0 Å². The molecule has 1 heterocycles. The fourth-order valence-corrected chi connectivity index (χ4v) is 4.45. The summed E-state index contributed by atoms with van der Waals surface area (Å²) < 4.78 is 27.5. The van der Waals surface area contributed by atoms with Crippen LogP contribution in [0.1, 0.15) is 28.8 Å². The minimum absolute atomic E-state index is 0.141. The fraction of sp³-hybridized carbons (Fsp3) is 0.350. The number of rotatable bonds is 5. The third-order valence-electron chi connectivity index (χ3n) is 4.86. The van der Waals surface area contributed by atoms with E-state index in [1.807, 2.05) is 6.92 Å². The molecule has 1 aliphatic rings. The number of carbonyl (C=O) groups excluding carboxylic acids is 1. The van der Waals surface area contributed by atoms with E-state index in [4.69, 9.17) is 11.6 Å². The highest BCUT2D eigenvalue weighted by Gasteiger charge is 2.20. The number of likely N-dealkylation sites (tertiary alicyclic amines) is 1. The molecule has 28 heavy (non-hydrogen) atoms. The molecule has 2 N–H and O–H groups in total. The maximum absolute atomic E-state index is 12.5. The van der Waals surface area contributed by atoms with Crippen molar-refractivity contribution in [3.05, 3.63) is 58.6 Å². The summed E-state index contributed by atoms with van der Waals surface area (Å²) in [6, 6.07) is 11.2. The van der Waals surface area contributed by atoms with E-state index in [0.717, 1.165) is 31.5 Å². The van der Waals surface area contributed by atoms with E-state index >= 15 is 0 Å². The van der Waals surface area contributed by atoms with E-state index in [-0.39, 0.29) is 27.6 Å². The van der Waals surface area contributed by atoms with Gasteiger partial charge >= 0.3 is 0 Å². The first-order chi connectivity index (χ1) is 13.2. The van der Waals surface area contributed by atoms with Gasteiger partial charge in [-0.3, -0.25) is 9.52 Å². The van der Waals surface area contributed by atoms with Crippen LogP contribution in [0.5, 0.6) is 0 Å². The van der Waals surface area contributed by atoms with Crippen LogP contribution in [0.15, 0.2) is 47.4 Å². The molecular formula is C20H24ClN3O3S. The standard InChI is InChI=1S/C20H24ClN3O3S/c1-14-3-6-17(7-4-14)28(26,27)23-19-8-5-15(13-18(19)21)20(25)22-16-9-11-24(2)12-10-16/h3-8,13,16,23H,9-12H2,1-2H3,(H,22,25).